The number of anilines is 2. The zero-order chi connectivity index (χ0) is 14.9. The fourth-order valence-corrected chi connectivity index (χ4v) is 1.91. The van der Waals surface area contributed by atoms with Crippen molar-refractivity contribution in [3.05, 3.63) is 50.7 Å². The molecule has 0 amide bonds. The number of benzene rings is 1. The third kappa shape index (κ3) is 2.83. The van der Waals surface area contributed by atoms with E-state index in [-0.39, 0.29) is 28.2 Å². The van der Waals surface area contributed by atoms with Gasteiger partial charge in [-0.25, -0.2) is 9.37 Å². The van der Waals surface area contributed by atoms with E-state index in [1.807, 2.05) is 0 Å². The first-order chi connectivity index (χ1) is 9.38. The summed E-state index contributed by atoms with van der Waals surface area (Å²) in [5, 5.41) is 13.5. The summed E-state index contributed by atoms with van der Waals surface area (Å²) in [5.41, 5.74) is 0.650. The Labute approximate surface area is 118 Å². The van der Waals surface area contributed by atoms with Gasteiger partial charge in [-0.3, -0.25) is 10.1 Å². The molecule has 20 heavy (non-hydrogen) atoms. The van der Waals surface area contributed by atoms with Gasteiger partial charge in [-0.05, 0) is 43.1 Å². The second-order valence-corrected chi connectivity index (χ2v) is 4.48. The SMILES string of the molecule is Cc1ccc(F)c(Nc2nc(Cl)nc(C)c2[N+](=O)[O-])c1. The van der Waals surface area contributed by atoms with Crippen molar-refractivity contribution in [2.75, 3.05) is 5.32 Å². The molecule has 1 heterocycles. The molecule has 0 aliphatic rings. The lowest BCUT2D eigenvalue weighted by molar-refractivity contribution is -0.385. The molecule has 1 aromatic carbocycles. The molecule has 0 saturated heterocycles. The molecule has 0 spiro atoms. The Morgan fingerprint density at radius 2 is 2.05 bits per heavy atom. The Bertz CT molecular complexity index is 693. The zero-order valence-corrected chi connectivity index (χ0v) is 11.4. The topological polar surface area (TPSA) is 81.0 Å². The van der Waals surface area contributed by atoms with Crippen molar-refractivity contribution in [3.63, 3.8) is 0 Å². The molecule has 0 bridgehead atoms. The fraction of sp³-hybridized carbons (Fsp3) is 0.167. The molecule has 6 nitrogen and oxygen atoms in total. The third-order valence-corrected chi connectivity index (χ3v) is 2.76. The smallest absolute Gasteiger partial charge is 0.332 e. The van der Waals surface area contributed by atoms with Gasteiger partial charge in [-0.15, -0.1) is 0 Å². The van der Waals surface area contributed by atoms with Gasteiger partial charge in [0.2, 0.25) is 11.1 Å². The summed E-state index contributed by atoms with van der Waals surface area (Å²) in [6, 6.07) is 4.37. The largest absolute Gasteiger partial charge is 0.332 e. The monoisotopic (exact) mass is 296 g/mol. The van der Waals surface area contributed by atoms with Gasteiger partial charge in [0.15, 0.2) is 0 Å². The van der Waals surface area contributed by atoms with E-state index < -0.39 is 10.7 Å². The first kappa shape index (κ1) is 14.1. The van der Waals surface area contributed by atoms with E-state index >= 15 is 0 Å². The molecule has 1 aromatic heterocycles. The predicted octanol–water partition coefficient (Wildman–Crippen LogP) is 3.54. The Morgan fingerprint density at radius 3 is 2.70 bits per heavy atom. The highest BCUT2D eigenvalue weighted by Gasteiger charge is 2.22. The van der Waals surface area contributed by atoms with Gasteiger partial charge in [0.25, 0.3) is 0 Å². The summed E-state index contributed by atoms with van der Waals surface area (Å²) in [6.07, 6.45) is 0. The lowest BCUT2D eigenvalue weighted by Crippen LogP contribution is -2.05. The highest BCUT2D eigenvalue weighted by molar-refractivity contribution is 6.28. The van der Waals surface area contributed by atoms with E-state index in [0.29, 0.717) is 0 Å². The number of halogens is 2. The van der Waals surface area contributed by atoms with Crippen LogP contribution < -0.4 is 5.32 Å². The van der Waals surface area contributed by atoms with Crippen LogP contribution in [0.25, 0.3) is 0 Å². The summed E-state index contributed by atoms with van der Waals surface area (Å²) in [5.74, 6) is -0.686. The third-order valence-electron chi connectivity index (χ3n) is 2.59. The van der Waals surface area contributed by atoms with Crippen LogP contribution in [-0.2, 0) is 0 Å². The highest BCUT2D eigenvalue weighted by atomic mass is 35.5. The number of hydrogen-bond acceptors (Lipinski definition) is 5. The number of rotatable bonds is 3. The van der Waals surface area contributed by atoms with Gasteiger partial charge >= 0.3 is 5.69 Å². The maximum atomic E-state index is 13.7. The van der Waals surface area contributed by atoms with Crippen LogP contribution >= 0.6 is 11.6 Å². The normalized spacial score (nSPS) is 10.4. The van der Waals surface area contributed by atoms with Crippen molar-refractivity contribution in [2.24, 2.45) is 0 Å². The lowest BCUT2D eigenvalue weighted by atomic mass is 10.2. The number of aromatic nitrogens is 2. The molecule has 0 saturated carbocycles. The average Bonchev–Trinajstić information content (AvgIpc) is 2.32. The van der Waals surface area contributed by atoms with E-state index in [0.717, 1.165) is 5.56 Å². The minimum atomic E-state index is -0.637. The Kier molecular flexibility index (Phi) is 3.80. The summed E-state index contributed by atoms with van der Waals surface area (Å²) < 4.78 is 13.7. The van der Waals surface area contributed by atoms with Crippen molar-refractivity contribution >= 4 is 28.8 Å². The maximum Gasteiger partial charge on any atom is 0.332 e. The molecule has 0 radical (unpaired) electrons. The molecule has 2 aromatic rings. The summed E-state index contributed by atoms with van der Waals surface area (Å²) in [6.45, 7) is 3.21. The molecule has 2 rings (SSSR count). The summed E-state index contributed by atoms with van der Waals surface area (Å²) in [4.78, 5) is 17.9. The summed E-state index contributed by atoms with van der Waals surface area (Å²) >= 11 is 5.69. The molecule has 0 fully saturated rings. The van der Waals surface area contributed by atoms with E-state index in [9.17, 15) is 14.5 Å². The van der Waals surface area contributed by atoms with Crippen LogP contribution in [0, 0.1) is 29.8 Å². The average molecular weight is 297 g/mol. The standard InChI is InChI=1S/C12H10ClFN4O2/c1-6-3-4-8(14)9(5-6)16-11-10(18(19)20)7(2)15-12(13)17-11/h3-5H,1-2H3,(H,15,16,17). The van der Waals surface area contributed by atoms with E-state index in [4.69, 9.17) is 11.6 Å². The second kappa shape index (κ2) is 5.38. The molecule has 8 heteroatoms. The second-order valence-electron chi connectivity index (χ2n) is 4.14. The molecule has 0 aliphatic carbocycles. The van der Waals surface area contributed by atoms with E-state index in [1.54, 1.807) is 13.0 Å². The van der Waals surface area contributed by atoms with Crippen LogP contribution in [0.15, 0.2) is 18.2 Å². The molecule has 0 unspecified atom stereocenters. The van der Waals surface area contributed by atoms with Crippen molar-refractivity contribution in [1.29, 1.82) is 0 Å². The first-order valence-electron chi connectivity index (χ1n) is 5.60. The lowest BCUT2D eigenvalue weighted by Gasteiger charge is -2.09. The predicted molar refractivity (Wildman–Crippen MR) is 72.9 cm³/mol. The van der Waals surface area contributed by atoms with Gasteiger partial charge < -0.3 is 5.32 Å². The van der Waals surface area contributed by atoms with Crippen LogP contribution in [0.4, 0.5) is 21.6 Å². The van der Waals surface area contributed by atoms with Crippen LogP contribution in [-0.4, -0.2) is 14.9 Å². The maximum absolute atomic E-state index is 13.7. The fourth-order valence-electron chi connectivity index (χ4n) is 1.70. The van der Waals surface area contributed by atoms with Crippen molar-refractivity contribution in [3.8, 4) is 0 Å². The van der Waals surface area contributed by atoms with Gasteiger partial charge in [-0.1, -0.05) is 6.07 Å². The summed E-state index contributed by atoms with van der Waals surface area (Å²) in [7, 11) is 0. The van der Waals surface area contributed by atoms with Crippen molar-refractivity contribution in [1.82, 2.24) is 9.97 Å². The van der Waals surface area contributed by atoms with Crippen molar-refractivity contribution in [2.45, 2.75) is 13.8 Å². The number of hydrogen-bond donors (Lipinski definition) is 1. The van der Waals surface area contributed by atoms with E-state index in [2.05, 4.69) is 15.3 Å². The van der Waals surface area contributed by atoms with Gasteiger partial charge in [0, 0.05) is 0 Å². The minimum Gasteiger partial charge on any atom is -0.332 e. The highest BCUT2D eigenvalue weighted by Crippen LogP contribution is 2.30. The number of nitrogens with zero attached hydrogens (tertiary/aromatic N) is 3. The van der Waals surface area contributed by atoms with E-state index in [1.165, 1.54) is 19.1 Å². The molecule has 104 valence electrons. The van der Waals surface area contributed by atoms with Crippen LogP contribution in [0.5, 0.6) is 0 Å². The molecule has 0 atom stereocenters. The quantitative estimate of drug-likeness (QED) is 0.532. The Hall–Kier alpha value is -2.28. The van der Waals surface area contributed by atoms with Gasteiger partial charge in [-0.2, -0.15) is 4.98 Å². The Balaban J connectivity index is 2.53. The van der Waals surface area contributed by atoms with Crippen molar-refractivity contribution < 1.29 is 9.31 Å². The molecule has 1 N–H and O–H groups in total. The number of nitrogens with one attached hydrogen (secondary N) is 1. The van der Waals surface area contributed by atoms with Gasteiger partial charge in [0.05, 0.1) is 10.6 Å². The Morgan fingerprint density at radius 1 is 1.35 bits per heavy atom. The van der Waals surface area contributed by atoms with Crippen LogP contribution in [0.2, 0.25) is 5.28 Å². The van der Waals surface area contributed by atoms with Crippen LogP contribution in [0.3, 0.4) is 0 Å². The minimum absolute atomic E-state index is 0.0854. The van der Waals surface area contributed by atoms with Gasteiger partial charge in [0.1, 0.15) is 11.5 Å². The molecular weight excluding hydrogens is 287 g/mol. The zero-order valence-electron chi connectivity index (χ0n) is 10.6. The molecule has 0 aliphatic heterocycles. The number of nitro groups is 1. The molecular formula is C12H10ClFN4O2. The number of aryl methyl sites for hydroxylation is 2. The van der Waals surface area contributed by atoms with Crippen LogP contribution in [0.1, 0.15) is 11.3 Å². The first-order valence-corrected chi connectivity index (χ1v) is 5.98.